The number of hydrogen-bond donors (Lipinski definition) is 4. The number of ether oxygens (including phenoxy) is 2. The number of rotatable bonds is 10. The lowest BCUT2D eigenvalue weighted by Crippen LogP contribution is -2.54. The number of alkyl carbamates (subject to hydrolysis) is 2. The number of nitrogens with one attached hydrogen (secondary N) is 4. The maximum Gasteiger partial charge on any atom is 0.407 e. The van der Waals surface area contributed by atoms with E-state index in [0.717, 1.165) is 35.0 Å². The molecule has 1 aromatic heterocycles. The Labute approximate surface area is 291 Å². The van der Waals surface area contributed by atoms with Gasteiger partial charge in [0.1, 0.15) is 23.9 Å². The van der Waals surface area contributed by atoms with Gasteiger partial charge in [-0.2, -0.15) is 0 Å². The van der Waals surface area contributed by atoms with E-state index in [9.17, 15) is 24.0 Å². The molecule has 14 nitrogen and oxygen atoms in total. The van der Waals surface area contributed by atoms with Crippen LogP contribution in [0.3, 0.4) is 0 Å². The molecule has 2 aromatic carbocycles. The summed E-state index contributed by atoms with van der Waals surface area (Å²) in [5.74, 6) is -0.367. The molecule has 3 aromatic rings. The SMILES string of the molecule is COC(=O)NC(C(=O)N1CCCC1C(=O)Nc1ccc(-c2ccc3nc(C4CCCN4C(=O)C(NC(=O)OC)C(C)C)[nH]c3c2)cc1)C(C)C. The Kier molecular flexibility index (Phi) is 11.3. The van der Waals surface area contributed by atoms with E-state index in [2.05, 4.69) is 25.7 Å². The van der Waals surface area contributed by atoms with Crippen LogP contribution in [0.5, 0.6) is 0 Å². The molecule has 2 fully saturated rings. The van der Waals surface area contributed by atoms with Gasteiger partial charge in [0.25, 0.3) is 0 Å². The molecule has 0 saturated carbocycles. The van der Waals surface area contributed by atoms with Crippen LogP contribution >= 0.6 is 0 Å². The molecule has 14 heteroatoms. The van der Waals surface area contributed by atoms with Crippen LogP contribution in [0.25, 0.3) is 22.2 Å². The smallest absolute Gasteiger partial charge is 0.407 e. The van der Waals surface area contributed by atoms with Gasteiger partial charge in [-0.1, -0.05) is 45.9 Å². The molecule has 268 valence electrons. The van der Waals surface area contributed by atoms with Crippen molar-refractivity contribution in [1.82, 2.24) is 30.4 Å². The number of carbonyl (C=O) groups excluding carboxylic acids is 5. The van der Waals surface area contributed by atoms with Gasteiger partial charge in [-0.3, -0.25) is 14.4 Å². The van der Waals surface area contributed by atoms with Crippen molar-refractivity contribution in [1.29, 1.82) is 0 Å². The fourth-order valence-electron chi connectivity index (χ4n) is 6.71. The first-order chi connectivity index (χ1) is 23.9. The number of likely N-dealkylation sites (tertiary alicyclic amines) is 2. The van der Waals surface area contributed by atoms with Crippen molar-refractivity contribution in [3.8, 4) is 11.1 Å². The molecule has 4 atom stereocenters. The molecule has 4 unspecified atom stereocenters. The van der Waals surface area contributed by atoms with Crippen molar-refractivity contribution in [2.45, 2.75) is 77.5 Å². The summed E-state index contributed by atoms with van der Waals surface area (Å²) in [6.45, 7) is 8.43. The normalized spacial score (nSPS) is 18.6. The number of H-pyrrole nitrogens is 1. The van der Waals surface area contributed by atoms with E-state index in [-0.39, 0.29) is 35.6 Å². The summed E-state index contributed by atoms with van der Waals surface area (Å²) in [6.07, 6.45) is 1.46. The predicted molar refractivity (Wildman–Crippen MR) is 187 cm³/mol. The maximum atomic E-state index is 13.5. The predicted octanol–water partition coefficient (Wildman–Crippen LogP) is 4.58. The van der Waals surface area contributed by atoms with E-state index in [4.69, 9.17) is 9.72 Å². The molecule has 2 aliphatic rings. The Hall–Kier alpha value is -5.14. The van der Waals surface area contributed by atoms with Crippen molar-refractivity contribution in [3.05, 3.63) is 48.3 Å². The summed E-state index contributed by atoms with van der Waals surface area (Å²) < 4.78 is 9.43. The monoisotopic (exact) mass is 689 g/mol. The Bertz CT molecular complexity index is 1720. The highest BCUT2D eigenvalue weighted by molar-refractivity contribution is 5.99. The summed E-state index contributed by atoms with van der Waals surface area (Å²) in [5.41, 5.74) is 4.08. The molecule has 5 amide bonds. The van der Waals surface area contributed by atoms with E-state index in [1.807, 2.05) is 70.2 Å². The first-order valence-electron chi connectivity index (χ1n) is 17.1. The van der Waals surface area contributed by atoms with Gasteiger partial charge in [0, 0.05) is 18.8 Å². The zero-order valence-corrected chi connectivity index (χ0v) is 29.4. The quantitative estimate of drug-likeness (QED) is 0.239. The zero-order chi connectivity index (χ0) is 36.1. The summed E-state index contributed by atoms with van der Waals surface area (Å²) in [4.78, 5) is 75.6. The van der Waals surface area contributed by atoms with Crippen molar-refractivity contribution >= 4 is 46.6 Å². The Morgan fingerprint density at radius 2 is 1.34 bits per heavy atom. The highest BCUT2D eigenvalue weighted by atomic mass is 16.5. The highest BCUT2D eigenvalue weighted by Crippen LogP contribution is 2.34. The minimum atomic E-state index is -0.800. The number of aromatic amines is 1. The lowest BCUT2D eigenvalue weighted by atomic mass is 10.0. The fraction of sp³-hybridized carbons (Fsp3) is 0.500. The van der Waals surface area contributed by atoms with Gasteiger partial charge in [0.05, 0.1) is 31.3 Å². The highest BCUT2D eigenvalue weighted by Gasteiger charge is 2.39. The van der Waals surface area contributed by atoms with Crippen molar-refractivity contribution in [2.24, 2.45) is 11.8 Å². The van der Waals surface area contributed by atoms with Crippen LogP contribution in [-0.4, -0.2) is 95.1 Å². The van der Waals surface area contributed by atoms with Crippen LogP contribution < -0.4 is 16.0 Å². The lowest BCUT2D eigenvalue weighted by Gasteiger charge is -2.30. The molecule has 50 heavy (non-hydrogen) atoms. The number of fused-ring (bicyclic) bond motifs is 1. The van der Waals surface area contributed by atoms with Crippen LogP contribution in [0.4, 0.5) is 15.3 Å². The number of nitrogens with zero attached hydrogens (tertiary/aromatic N) is 3. The third-order valence-corrected chi connectivity index (χ3v) is 9.46. The largest absolute Gasteiger partial charge is 0.453 e. The summed E-state index contributed by atoms with van der Waals surface area (Å²) in [5, 5.41) is 8.23. The Morgan fingerprint density at radius 1 is 0.780 bits per heavy atom. The summed E-state index contributed by atoms with van der Waals surface area (Å²) in [6, 6.07) is 11.0. The molecule has 0 aliphatic carbocycles. The molecule has 0 radical (unpaired) electrons. The topological polar surface area (TPSA) is 175 Å². The van der Waals surface area contributed by atoms with Gasteiger partial charge in [-0.25, -0.2) is 14.6 Å². The number of aromatic nitrogens is 2. The van der Waals surface area contributed by atoms with Crippen molar-refractivity contribution < 1.29 is 33.4 Å². The van der Waals surface area contributed by atoms with Crippen molar-refractivity contribution in [2.75, 3.05) is 32.6 Å². The molecule has 0 spiro atoms. The molecule has 3 heterocycles. The summed E-state index contributed by atoms with van der Waals surface area (Å²) >= 11 is 0. The van der Waals surface area contributed by atoms with Crippen LogP contribution in [0, 0.1) is 11.8 Å². The van der Waals surface area contributed by atoms with Gasteiger partial charge < -0.3 is 40.2 Å². The Balaban J connectivity index is 1.26. The van der Waals surface area contributed by atoms with Gasteiger partial charge in [0.15, 0.2) is 0 Å². The summed E-state index contributed by atoms with van der Waals surface area (Å²) in [7, 11) is 2.52. The molecule has 2 saturated heterocycles. The number of imidazole rings is 1. The van der Waals surface area contributed by atoms with Crippen LogP contribution in [0.15, 0.2) is 42.5 Å². The number of amides is 5. The second kappa shape index (κ2) is 15.6. The van der Waals surface area contributed by atoms with Gasteiger partial charge in [-0.15, -0.1) is 0 Å². The minimum Gasteiger partial charge on any atom is -0.453 e. The van der Waals surface area contributed by atoms with Gasteiger partial charge in [-0.05, 0) is 72.9 Å². The van der Waals surface area contributed by atoms with Gasteiger partial charge >= 0.3 is 12.2 Å². The third-order valence-electron chi connectivity index (χ3n) is 9.46. The van der Waals surface area contributed by atoms with Gasteiger partial charge in [0.2, 0.25) is 17.7 Å². The number of carbonyl (C=O) groups is 5. The molecule has 5 rings (SSSR count). The van der Waals surface area contributed by atoms with Crippen LogP contribution in [-0.2, 0) is 23.9 Å². The first-order valence-corrected chi connectivity index (χ1v) is 17.1. The third kappa shape index (κ3) is 7.84. The van der Waals surface area contributed by atoms with E-state index in [0.29, 0.717) is 37.4 Å². The average Bonchev–Trinajstić information content (AvgIpc) is 3.88. The van der Waals surface area contributed by atoms with E-state index in [1.165, 1.54) is 14.2 Å². The van der Waals surface area contributed by atoms with E-state index < -0.39 is 30.3 Å². The first kappa shape index (κ1) is 36.1. The molecule has 2 aliphatic heterocycles. The Morgan fingerprint density at radius 3 is 1.94 bits per heavy atom. The zero-order valence-electron chi connectivity index (χ0n) is 29.4. The number of methoxy groups -OCH3 is 2. The molecular weight excluding hydrogens is 642 g/mol. The standard InChI is InChI=1S/C36H47N7O7/c1-20(2)29(40-35(47)49-5)33(45)42-17-7-9-27(42)31-38-25-16-13-23(19-26(25)39-31)22-11-14-24(15-12-22)37-32(44)28-10-8-18-43(28)34(46)30(21(3)4)41-36(48)50-6/h11-16,19-21,27-30H,7-10,17-18H2,1-6H3,(H,37,44)(H,38,39)(H,40,47)(H,41,48). The molecule has 4 N–H and O–H groups in total. The lowest BCUT2D eigenvalue weighted by molar-refractivity contribution is -0.139. The number of hydrogen-bond acceptors (Lipinski definition) is 8. The molecule has 0 bridgehead atoms. The molecular formula is C36H47N7O7. The van der Waals surface area contributed by atoms with E-state index >= 15 is 0 Å². The van der Waals surface area contributed by atoms with Crippen LogP contribution in [0.1, 0.15) is 65.2 Å². The van der Waals surface area contributed by atoms with Crippen LogP contribution in [0.2, 0.25) is 0 Å². The number of benzene rings is 2. The average molecular weight is 690 g/mol. The minimum absolute atomic E-state index is 0.123. The maximum absolute atomic E-state index is 13.5. The van der Waals surface area contributed by atoms with E-state index in [1.54, 1.807) is 9.80 Å². The second-order valence-electron chi connectivity index (χ2n) is 13.5. The fourth-order valence-corrected chi connectivity index (χ4v) is 6.71. The second-order valence-corrected chi connectivity index (χ2v) is 13.5. The number of anilines is 1. The van der Waals surface area contributed by atoms with Crippen molar-refractivity contribution in [3.63, 3.8) is 0 Å².